The summed E-state index contributed by atoms with van der Waals surface area (Å²) in [5.41, 5.74) is 0.178. The first-order chi connectivity index (χ1) is 11.7. The Balaban J connectivity index is 1.62. The molecule has 2 aromatic heterocycles. The first-order valence-electron chi connectivity index (χ1n) is 8.12. The Morgan fingerprint density at radius 1 is 1.29 bits per heavy atom. The third-order valence-electron chi connectivity index (χ3n) is 4.20. The summed E-state index contributed by atoms with van der Waals surface area (Å²) >= 11 is 0. The van der Waals surface area contributed by atoms with Gasteiger partial charge in [-0.05, 0) is 18.9 Å². The van der Waals surface area contributed by atoms with Gasteiger partial charge in [0.2, 0.25) is 5.91 Å². The summed E-state index contributed by atoms with van der Waals surface area (Å²) in [6, 6.07) is 3.67. The predicted octanol–water partition coefficient (Wildman–Crippen LogP) is 2.01. The van der Waals surface area contributed by atoms with E-state index >= 15 is 0 Å². The van der Waals surface area contributed by atoms with Crippen LogP contribution in [0.15, 0.2) is 24.5 Å². The van der Waals surface area contributed by atoms with Crippen LogP contribution in [-0.2, 0) is 16.1 Å². The molecule has 0 aromatic carbocycles. The summed E-state index contributed by atoms with van der Waals surface area (Å²) in [5, 5.41) is 11.3. The number of methoxy groups -OCH3 is 1. The number of carbonyl (C=O) groups is 2. The van der Waals surface area contributed by atoms with E-state index in [4.69, 9.17) is 0 Å². The molecule has 0 bridgehead atoms. The molecule has 1 fully saturated rings. The molecular formula is C16H21N5O3. The maximum atomic E-state index is 12.2. The van der Waals surface area contributed by atoms with Crippen molar-refractivity contribution < 1.29 is 14.3 Å². The van der Waals surface area contributed by atoms with Crippen LogP contribution in [0, 0.1) is 0 Å². The van der Waals surface area contributed by atoms with Crippen LogP contribution in [0.4, 0.5) is 5.82 Å². The maximum absolute atomic E-state index is 12.2. The number of esters is 1. The van der Waals surface area contributed by atoms with Gasteiger partial charge in [0.25, 0.3) is 0 Å². The molecule has 128 valence electrons. The molecule has 3 rings (SSSR count). The van der Waals surface area contributed by atoms with Crippen molar-refractivity contribution in [1.82, 2.24) is 19.6 Å². The Labute approximate surface area is 139 Å². The van der Waals surface area contributed by atoms with Crippen LogP contribution in [0.5, 0.6) is 0 Å². The summed E-state index contributed by atoms with van der Waals surface area (Å²) < 4.78 is 7.90. The molecule has 1 saturated carbocycles. The summed E-state index contributed by atoms with van der Waals surface area (Å²) in [6.07, 6.45) is 9.11. The van der Waals surface area contributed by atoms with Crippen LogP contribution in [-0.4, -0.2) is 38.5 Å². The van der Waals surface area contributed by atoms with Crippen molar-refractivity contribution in [2.75, 3.05) is 12.4 Å². The fourth-order valence-electron chi connectivity index (χ4n) is 3.02. The Morgan fingerprint density at radius 3 is 2.83 bits per heavy atom. The van der Waals surface area contributed by atoms with Crippen LogP contribution >= 0.6 is 0 Å². The summed E-state index contributed by atoms with van der Waals surface area (Å²) in [7, 11) is 1.29. The highest BCUT2D eigenvalue weighted by Gasteiger charge is 2.19. The second-order valence-corrected chi connectivity index (χ2v) is 5.89. The Hall–Kier alpha value is -2.64. The highest BCUT2D eigenvalue weighted by Crippen LogP contribution is 2.29. The lowest BCUT2D eigenvalue weighted by Gasteiger charge is -2.23. The molecule has 1 aliphatic carbocycles. The molecule has 1 amide bonds. The van der Waals surface area contributed by atoms with E-state index in [0.29, 0.717) is 11.9 Å². The minimum Gasteiger partial charge on any atom is -0.464 e. The zero-order valence-corrected chi connectivity index (χ0v) is 13.6. The van der Waals surface area contributed by atoms with Gasteiger partial charge in [0.15, 0.2) is 5.69 Å². The monoisotopic (exact) mass is 331 g/mol. The van der Waals surface area contributed by atoms with Crippen molar-refractivity contribution in [3.05, 3.63) is 30.2 Å². The van der Waals surface area contributed by atoms with E-state index in [-0.39, 0.29) is 18.1 Å². The molecule has 8 nitrogen and oxygen atoms in total. The van der Waals surface area contributed by atoms with Crippen LogP contribution in [0.2, 0.25) is 0 Å². The fraction of sp³-hybridized carbons (Fsp3) is 0.500. The fourth-order valence-corrected chi connectivity index (χ4v) is 3.02. The molecule has 0 spiro atoms. The van der Waals surface area contributed by atoms with Gasteiger partial charge >= 0.3 is 5.97 Å². The lowest BCUT2D eigenvalue weighted by atomic mass is 9.96. The number of nitrogens with zero attached hydrogens (tertiary/aromatic N) is 4. The molecule has 0 aliphatic heterocycles. The number of nitrogens with one attached hydrogen (secondary N) is 1. The van der Waals surface area contributed by atoms with E-state index in [0.717, 1.165) is 12.8 Å². The van der Waals surface area contributed by atoms with Gasteiger partial charge in [-0.1, -0.05) is 19.3 Å². The first-order valence-corrected chi connectivity index (χ1v) is 8.12. The average Bonchev–Trinajstić information content (AvgIpc) is 3.24. The van der Waals surface area contributed by atoms with Crippen molar-refractivity contribution in [3.63, 3.8) is 0 Å². The van der Waals surface area contributed by atoms with Gasteiger partial charge < -0.3 is 10.1 Å². The highest BCUT2D eigenvalue weighted by molar-refractivity contribution is 5.90. The number of amides is 1. The molecule has 0 atom stereocenters. The molecule has 0 unspecified atom stereocenters. The van der Waals surface area contributed by atoms with E-state index in [1.165, 1.54) is 37.1 Å². The topological polar surface area (TPSA) is 91.0 Å². The molecule has 8 heteroatoms. The summed E-state index contributed by atoms with van der Waals surface area (Å²) in [4.78, 5) is 23.6. The van der Waals surface area contributed by atoms with Crippen LogP contribution in [0.1, 0.15) is 48.6 Å². The maximum Gasteiger partial charge on any atom is 0.358 e. The quantitative estimate of drug-likeness (QED) is 0.846. The largest absolute Gasteiger partial charge is 0.464 e. The second-order valence-electron chi connectivity index (χ2n) is 5.89. The number of anilines is 1. The predicted molar refractivity (Wildman–Crippen MR) is 86.5 cm³/mol. The van der Waals surface area contributed by atoms with E-state index in [9.17, 15) is 9.59 Å². The molecule has 1 aliphatic rings. The Bertz CT molecular complexity index is 715. The van der Waals surface area contributed by atoms with Crippen LogP contribution in [0.25, 0.3) is 0 Å². The smallest absolute Gasteiger partial charge is 0.358 e. The lowest BCUT2D eigenvalue weighted by Crippen LogP contribution is -2.23. The SMILES string of the molecule is COC(=O)c1ccn(CC(=O)Nc2ccnn2C2CCCCC2)n1. The van der Waals surface area contributed by atoms with Gasteiger partial charge in [0.1, 0.15) is 12.4 Å². The average molecular weight is 331 g/mol. The lowest BCUT2D eigenvalue weighted by molar-refractivity contribution is -0.117. The van der Waals surface area contributed by atoms with Gasteiger partial charge in [-0.15, -0.1) is 0 Å². The first kappa shape index (κ1) is 16.2. The number of ether oxygens (including phenoxy) is 1. The van der Waals surface area contributed by atoms with Gasteiger partial charge in [-0.3, -0.25) is 9.48 Å². The Kier molecular flexibility index (Phi) is 4.93. The number of rotatable bonds is 5. The van der Waals surface area contributed by atoms with Crippen molar-refractivity contribution in [2.45, 2.75) is 44.7 Å². The normalized spacial score (nSPS) is 15.2. The van der Waals surface area contributed by atoms with Crippen molar-refractivity contribution in [1.29, 1.82) is 0 Å². The summed E-state index contributed by atoms with van der Waals surface area (Å²) in [6.45, 7) is 0.0207. The number of hydrogen-bond donors (Lipinski definition) is 1. The van der Waals surface area contributed by atoms with Crippen molar-refractivity contribution >= 4 is 17.7 Å². The molecule has 2 heterocycles. The van der Waals surface area contributed by atoms with E-state index in [2.05, 4.69) is 20.3 Å². The van der Waals surface area contributed by atoms with Gasteiger partial charge in [-0.2, -0.15) is 10.2 Å². The minimum atomic E-state index is -0.524. The minimum absolute atomic E-state index is 0.0207. The number of carbonyl (C=O) groups excluding carboxylic acids is 2. The molecule has 2 aromatic rings. The molecular weight excluding hydrogens is 310 g/mol. The third kappa shape index (κ3) is 3.64. The zero-order chi connectivity index (χ0) is 16.9. The molecule has 24 heavy (non-hydrogen) atoms. The standard InChI is InChI=1S/C16H21N5O3/c1-24-16(23)13-8-10-20(19-13)11-15(22)18-14-7-9-17-21(14)12-5-3-2-4-6-12/h7-10,12H,2-6,11H2,1H3,(H,18,22). The molecule has 0 saturated heterocycles. The van der Waals surface area contributed by atoms with Crippen molar-refractivity contribution in [3.8, 4) is 0 Å². The number of hydrogen-bond acceptors (Lipinski definition) is 5. The van der Waals surface area contributed by atoms with Gasteiger partial charge in [0.05, 0.1) is 19.3 Å². The van der Waals surface area contributed by atoms with Crippen molar-refractivity contribution in [2.24, 2.45) is 0 Å². The number of aromatic nitrogens is 4. The van der Waals surface area contributed by atoms with Gasteiger partial charge in [-0.25, -0.2) is 9.48 Å². The van der Waals surface area contributed by atoms with Gasteiger partial charge in [0, 0.05) is 12.3 Å². The Morgan fingerprint density at radius 2 is 2.08 bits per heavy atom. The molecule has 1 N–H and O–H groups in total. The second kappa shape index (κ2) is 7.29. The summed E-state index contributed by atoms with van der Waals surface area (Å²) in [5.74, 6) is -0.0381. The van der Waals surface area contributed by atoms with E-state index < -0.39 is 5.97 Å². The highest BCUT2D eigenvalue weighted by atomic mass is 16.5. The zero-order valence-electron chi connectivity index (χ0n) is 13.6. The third-order valence-corrected chi connectivity index (χ3v) is 4.20. The molecule has 0 radical (unpaired) electrons. The van der Waals surface area contributed by atoms with Crippen LogP contribution in [0.3, 0.4) is 0 Å². The van der Waals surface area contributed by atoms with E-state index in [1.54, 1.807) is 18.5 Å². The van der Waals surface area contributed by atoms with Crippen LogP contribution < -0.4 is 5.32 Å². The van der Waals surface area contributed by atoms with E-state index in [1.807, 2.05) is 4.68 Å².